The number of hydrogen-bond donors (Lipinski definition) is 1. The summed E-state index contributed by atoms with van der Waals surface area (Å²) in [6.07, 6.45) is 0. The molecule has 0 saturated carbocycles. The highest BCUT2D eigenvalue weighted by Crippen LogP contribution is 2.21. The molecule has 0 unspecified atom stereocenters. The number of nitrogens with zero attached hydrogens (tertiary/aromatic N) is 2. The number of nitrogen functional groups attached to an aromatic ring is 1. The molecule has 0 atom stereocenters. The van der Waals surface area contributed by atoms with Gasteiger partial charge < -0.3 is 10.6 Å². The summed E-state index contributed by atoms with van der Waals surface area (Å²) in [6, 6.07) is 9.00. The summed E-state index contributed by atoms with van der Waals surface area (Å²) in [4.78, 5) is 17.9. The smallest absolute Gasteiger partial charge is 0.258 e. The average molecular weight is 290 g/mol. The van der Waals surface area contributed by atoms with Gasteiger partial charge in [-0.2, -0.15) is 0 Å². The molecule has 5 heteroatoms. The van der Waals surface area contributed by atoms with E-state index in [2.05, 4.69) is 11.1 Å². The molecule has 2 rings (SSSR count). The van der Waals surface area contributed by atoms with Gasteiger partial charge in [-0.25, -0.2) is 4.98 Å². The molecule has 4 nitrogen and oxygen atoms in total. The predicted octanol–water partition coefficient (Wildman–Crippen LogP) is 3.21. The van der Waals surface area contributed by atoms with Gasteiger partial charge in [0.05, 0.1) is 0 Å². The lowest BCUT2D eigenvalue weighted by atomic mass is 10.1. The number of aryl methyl sites for hydroxylation is 2. The lowest BCUT2D eigenvalue weighted by Crippen LogP contribution is -2.26. The van der Waals surface area contributed by atoms with Crippen molar-refractivity contribution in [3.05, 3.63) is 52.2 Å². The number of amides is 1. The van der Waals surface area contributed by atoms with Crippen LogP contribution in [0.5, 0.6) is 0 Å². The van der Waals surface area contributed by atoms with Crippen molar-refractivity contribution in [2.75, 3.05) is 17.7 Å². The van der Waals surface area contributed by atoms with Gasteiger partial charge in [0.1, 0.15) is 11.0 Å². The van der Waals surface area contributed by atoms with Gasteiger partial charge in [-0.15, -0.1) is 0 Å². The van der Waals surface area contributed by atoms with Crippen LogP contribution < -0.4 is 10.6 Å². The van der Waals surface area contributed by atoms with Gasteiger partial charge in [-0.3, -0.25) is 4.79 Å². The molecule has 104 valence electrons. The number of pyridine rings is 1. The highest BCUT2D eigenvalue weighted by Gasteiger charge is 2.15. The van der Waals surface area contributed by atoms with Gasteiger partial charge in [0.25, 0.3) is 5.91 Å². The van der Waals surface area contributed by atoms with Gasteiger partial charge >= 0.3 is 0 Å². The third kappa shape index (κ3) is 3.08. The van der Waals surface area contributed by atoms with Crippen LogP contribution in [0.15, 0.2) is 30.3 Å². The minimum atomic E-state index is -0.175. The van der Waals surface area contributed by atoms with E-state index < -0.39 is 0 Å². The molecule has 0 fully saturated rings. The second-order valence-electron chi connectivity index (χ2n) is 4.81. The zero-order valence-corrected chi connectivity index (χ0v) is 12.4. The lowest BCUT2D eigenvalue weighted by molar-refractivity contribution is 0.0993. The fraction of sp³-hybridized carbons (Fsp3) is 0.200. The first-order valence-corrected chi connectivity index (χ1v) is 6.54. The van der Waals surface area contributed by atoms with Gasteiger partial charge in [0, 0.05) is 18.3 Å². The topological polar surface area (TPSA) is 59.2 Å². The molecule has 0 aliphatic rings. The number of benzene rings is 1. The van der Waals surface area contributed by atoms with E-state index in [1.54, 1.807) is 11.9 Å². The SMILES string of the molecule is Cc1cc(C)cc(N(C)C(=O)c2cc(N)nc(Cl)c2)c1. The zero-order valence-electron chi connectivity index (χ0n) is 11.6. The molecule has 0 aliphatic heterocycles. The molecule has 0 radical (unpaired) electrons. The average Bonchev–Trinajstić information content (AvgIpc) is 2.34. The molecule has 1 aromatic carbocycles. The molecule has 2 aromatic rings. The Morgan fingerprint density at radius 1 is 1.15 bits per heavy atom. The maximum atomic E-state index is 12.5. The number of hydrogen-bond acceptors (Lipinski definition) is 3. The van der Waals surface area contributed by atoms with Gasteiger partial charge in [0.2, 0.25) is 0 Å². The van der Waals surface area contributed by atoms with E-state index in [0.717, 1.165) is 16.8 Å². The number of aromatic nitrogens is 1. The van der Waals surface area contributed by atoms with E-state index in [4.69, 9.17) is 17.3 Å². The van der Waals surface area contributed by atoms with Crippen LogP contribution in [-0.2, 0) is 0 Å². The monoisotopic (exact) mass is 289 g/mol. The molecule has 2 N–H and O–H groups in total. The quantitative estimate of drug-likeness (QED) is 0.864. The van der Waals surface area contributed by atoms with Crippen LogP contribution in [0.1, 0.15) is 21.5 Å². The number of nitrogens with two attached hydrogens (primary N) is 1. The minimum absolute atomic E-state index is 0.175. The Morgan fingerprint density at radius 3 is 2.30 bits per heavy atom. The third-order valence-corrected chi connectivity index (χ3v) is 3.15. The molecule has 0 spiro atoms. The number of rotatable bonds is 2. The summed E-state index contributed by atoms with van der Waals surface area (Å²) in [5.74, 6) is 0.0562. The Balaban J connectivity index is 2.36. The summed E-state index contributed by atoms with van der Waals surface area (Å²) in [6.45, 7) is 3.99. The summed E-state index contributed by atoms with van der Waals surface area (Å²) >= 11 is 5.83. The van der Waals surface area contributed by atoms with Crippen LogP contribution in [0.2, 0.25) is 5.15 Å². The molecular formula is C15H16ClN3O. The molecule has 1 amide bonds. The zero-order chi connectivity index (χ0) is 14.9. The van der Waals surface area contributed by atoms with E-state index >= 15 is 0 Å². The van der Waals surface area contributed by atoms with E-state index in [-0.39, 0.29) is 16.9 Å². The Labute approximate surface area is 123 Å². The van der Waals surface area contributed by atoms with Gasteiger partial charge in [-0.1, -0.05) is 17.7 Å². The van der Waals surface area contributed by atoms with Crippen LogP contribution >= 0.6 is 11.6 Å². The molecule has 1 heterocycles. The van der Waals surface area contributed by atoms with E-state index in [1.165, 1.54) is 12.1 Å². The molecular weight excluding hydrogens is 274 g/mol. The molecule has 1 aromatic heterocycles. The van der Waals surface area contributed by atoms with Crippen molar-refractivity contribution in [1.82, 2.24) is 4.98 Å². The number of anilines is 2. The van der Waals surface area contributed by atoms with Crippen LogP contribution in [-0.4, -0.2) is 17.9 Å². The maximum Gasteiger partial charge on any atom is 0.258 e. The minimum Gasteiger partial charge on any atom is -0.384 e. The molecule has 0 bridgehead atoms. The van der Waals surface area contributed by atoms with Gasteiger partial charge in [-0.05, 0) is 49.2 Å². The summed E-state index contributed by atoms with van der Waals surface area (Å²) in [5.41, 5.74) is 9.08. The van der Waals surface area contributed by atoms with E-state index in [1.807, 2.05) is 26.0 Å². The number of halogens is 1. The van der Waals surface area contributed by atoms with Crippen molar-refractivity contribution in [3.63, 3.8) is 0 Å². The number of carbonyl (C=O) groups excluding carboxylic acids is 1. The largest absolute Gasteiger partial charge is 0.384 e. The first kappa shape index (κ1) is 14.3. The first-order chi connectivity index (χ1) is 9.36. The van der Waals surface area contributed by atoms with Crippen LogP contribution in [0.25, 0.3) is 0 Å². The van der Waals surface area contributed by atoms with Crippen molar-refractivity contribution in [1.29, 1.82) is 0 Å². The maximum absolute atomic E-state index is 12.5. The van der Waals surface area contributed by atoms with E-state index in [9.17, 15) is 4.79 Å². The van der Waals surface area contributed by atoms with Crippen LogP contribution in [0.3, 0.4) is 0 Å². The predicted molar refractivity (Wildman–Crippen MR) is 82.3 cm³/mol. The Hall–Kier alpha value is -2.07. The van der Waals surface area contributed by atoms with Crippen molar-refractivity contribution in [3.8, 4) is 0 Å². The van der Waals surface area contributed by atoms with Gasteiger partial charge in [0.15, 0.2) is 0 Å². The molecule has 20 heavy (non-hydrogen) atoms. The first-order valence-electron chi connectivity index (χ1n) is 6.16. The van der Waals surface area contributed by atoms with E-state index in [0.29, 0.717) is 5.56 Å². The summed E-state index contributed by atoms with van der Waals surface area (Å²) in [5, 5.41) is 0.210. The molecule has 0 saturated heterocycles. The summed E-state index contributed by atoms with van der Waals surface area (Å²) in [7, 11) is 1.72. The highest BCUT2D eigenvalue weighted by atomic mass is 35.5. The Morgan fingerprint density at radius 2 is 1.75 bits per heavy atom. The molecule has 0 aliphatic carbocycles. The summed E-state index contributed by atoms with van der Waals surface area (Å²) < 4.78 is 0. The Bertz CT molecular complexity index is 630. The van der Waals surface area contributed by atoms with Crippen molar-refractivity contribution in [2.24, 2.45) is 0 Å². The van der Waals surface area contributed by atoms with Crippen LogP contribution in [0.4, 0.5) is 11.5 Å². The lowest BCUT2D eigenvalue weighted by Gasteiger charge is -2.19. The standard InChI is InChI=1S/C15H16ClN3O/c1-9-4-10(2)6-12(5-9)19(3)15(20)11-7-13(16)18-14(17)8-11/h4-8H,1-3H3,(H2,17,18). The highest BCUT2D eigenvalue weighted by molar-refractivity contribution is 6.30. The van der Waals surface area contributed by atoms with Crippen LogP contribution in [0, 0.1) is 13.8 Å². The van der Waals surface area contributed by atoms with Crippen molar-refractivity contribution in [2.45, 2.75) is 13.8 Å². The number of carbonyl (C=O) groups is 1. The van der Waals surface area contributed by atoms with Crippen molar-refractivity contribution >= 4 is 29.0 Å². The fourth-order valence-corrected chi connectivity index (χ4v) is 2.31. The second kappa shape index (κ2) is 5.51. The Kier molecular flexibility index (Phi) is 3.95. The van der Waals surface area contributed by atoms with Crippen molar-refractivity contribution < 1.29 is 4.79 Å². The normalized spacial score (nSPS) is 10.4. The fourth-order valence-electron chi connectivity index (χ4n) is 2.10. The third-order valence-electron chi connectivity index (χ3n) is 2.96. The second-order valence-corrected chi connectivity index (χ2v) is 5.20.